The Kier molecular flexibility index (Phi) is 5.28. The van der Waals surface area contributed by atoms with Gasteiger partial charge >= 0.3 is 0 Å². The van der Waals surface area contributed by atoms with Crippen LogP contribution in [0, 0.1) is 0 Å². The molecule has 2 fully saturated rings. The zero-order valence-corrected chi connectivity index (χ0v) is 18.2. The van der Waals surface area contributed by atoms with Gasteiger partial charge in [-0.1, -0.05) is 6.07 Å². The summed E-state index contributed by atoms with van der Waals surface area (Å²) in [4.78, 5) is 6.81. The van der Waals surface area contributed by atoms with Crippen LogP contribution in [0.5, 0.6) is 0 Å². The van der Waals surface area contributed by atoms with E-state index in [0.29, 0.717) is 30.2 Å². The number of likely N-dealkylation sites (tertiary alicyclic amines) is 1. The first kappa shape index (κ1) is 20.0. The van der Waals surface area contributed by atoms with Gasteiger partial charge in [0.05, 0.1) is 23.9 Å². The molecular weight excluding hydrogens is 422 g/mol. The van der Waals surface area contributed by atoms with E-state index in [-0.39, 0.29) is 17.0 Å². The third-order valence-corrected chi connectivity index (χ3v) is 8.68. The van der Waals surface area contributed by atoms with Crippen molar-refractivity contribution >= 4 is 32.8 Å². The fourth-order valence-electron chi connectivity index (χ4n) is 4.59. The van der Waals surface area contributed by atoms with Crippen molar-refractivity contribution in [2.45, 2.75) is 35.9 Å². The number of methoxy groups -OCH3 is 1. The number of hydrogen-bond acceptors (Lipinski definition) is 8. The van der Waals surface area contributed by atoms with Crippen molar-refractivity contribution < 1.29 is 13.2 Å². The number of rotatable bonds is 5. The Balaban J connectivity index is 1.31. The van der Waals surface area contributed by atoms with Crippen molar-refractivity contribution in [2.24, 2.45) is 0 Å². The van der Waals surface area contributed by atoms with Crippen LogP contribution in [-0.2, 0) is 14.8 Å². The molecule has 3 aromatic rings. The Morgan fingerprint density at radius 3 is 2.60 bits per heavy atom. The van der Waals surface area contributed by atoms with E-state index in [0.717, 1.165) is 31.1 Å². The maximum Gasteiger partial charge on any atom is 0.245 e. The second kappa shape index (κ2) is 7.93. The number of benzene rings is 1. The van der Waals surface area contributed by atoms with Gasteiger partial charge in [0.25, 0.3) is 0 Å². The number of aromatic nitrogens is 3. The van der Waals surface area contributed by atoms with E-state index in [1.54, 1.807) is 29.6 Å². The molecule has 5 rings (SSSR count). The van der Waals surface area contributed by atoms with E-state index >= 15 is 0 Å². The zero-order valence-electron chi connectivity index (χ0n) is 16.6. The van der Waals surface area contributed by atoms with E-state index in [1.807, 2.05) is 24.5 Å². The SMILES string of the molecule is CO[C@H]1CN(C2CCN(S(=O)(=O)c3cccc4nsnc34)CC2)[C@H]1c1ccncc1. The molecule has 0 saturated carbocycles. The Morgan fingerprint density at radius 1 is 1.10 bits per heavy atom. The second-order valence-electron chi connectivity index (χ2n) is 7.72. The summed E-state index contributed by atoms with van der Waals surface area (Å²) in [6.07, 6.45) is 5.36. The number of ether oxygens (including phenoxy) is 1. The molecule has 0 spiro atoms. The molecule has 158 valence electrons. The van der Waals surface area contributed by atoms with Crippen LogP contribution < -0.4 is 0 Å². The normalized spacial score (nSPS) is 24.2. The lowest BCUT2D eigenvalue weighted by Crippen LogP contribution is -2.60. The van der Waals surface area contributed by atoms with E-state index in [4.69, 9.17) is 4.74 Å². The molecule has 2 saturated heterocycles. The maximum atomic E-state index is 13.3. The minimum Gasteiger partial charge on any atom is -0.378 e. The smallest absolute Gasteiger partial charge is 0.245 e. The fraction of sp³-hybridized carbons (Fsp3) is 0.450. The predicted octanol–water partition coefficient (Wildman–Crippen LogP) is 2.31. The number of fused-ring (bicyclic) bond motifs is 1. The number of hydrogen-bond donors (Lipinski definition) is 0. The Morgan fingerprint density at radius 2 is 1.87 bits per heavy atom. The zero-order chi connectivity index (χ0) is 20.7. The third-order valence-electron chi connectivity index (χ3n) is 6.21. The molecule has 2 aromatic heterocycles. The van der Waals surface area contributed by atoms with Crippen molar-refractivity contribution in [1.29, 1.82) is 0 Å². The van der Waals surface area contributed by atoms with Crippen molar-refractivity contribution in [2.75, 3.05) is 26.7 Å². The van der Waals surface area contributed by atoms with E-state index in [9.17, 15) is 8.42 Å². The third kappa shape index (κ3) is 3.32. The van der Waals surface area contributed by atoms with Crippen molar-refractivity contribution in [3.8, 4) is 0 Å². The fourth-order valence-corrected chi connectivity index (χ4v) is 6.81. The van der Waals surface area contributed by atoms with Crippen LogP contribution in [0.3, 0.4) is 0 Å². The summed E-state index contributed by atoms with van der Waals surface area (Å²) in [5, 5.41) is 0. The van der Waals surface area contributed by atoms with Crippen LogP contribution in [0.25, 0.3) is 11.0 Å². The van der Waals surface area contributed by atoms with Gasteiger partial charge in [-0.25, -0.2) is 8.42 Å². The quantitative estimate of drug-likeness (QED) is 0.595. The molecule has 30 heavy (non-hydrogen) atoms. The van der Waals surface area contributed by atoms with Crippen LogP contribution >= 0.6 is 11.7 Å². The van der Waals surface area contributed by atoms with Gasteiger partial charge in [0.1, 0.15) is 15.9 Å². The van der Waals surface area contributed by atoms with Crippen molar-refractivity contribution in [1.82, 2.24) is 22.9 Å². The first-order valence-electron chi connectivity index (χ1n) is 9.99. The lowest BCUT2D eigenvalue weighted by Gasteiger charge is -2.52. The largest absolute Gasteiger partial charge is 0.378 e. The highest BCUT2D eigenvalue weighted by Gasteiger charge is 2.45. The highest BCUT2D eigenvalue weighted by molar-refractivity contribution is 7.89. The van der Waals surface area contributed by atoms with Crippen molar-refractivity contribution in [3.05, 3.63) is 48.3 Å². The average molecular weight is 446 g/mol. The van der Waals surface area contributed by atoms with Crippen LogP contribution in [0.4, 0.5) is 0 Å². The van der Waals surface area contributed by atoms with Crippen molar-refractivity contribution in [3.63, 3.8) is 0 Å². The number of piperidine rings is 1. The molecule has 1 aromatic carbocycles. The van der Waals surface area contributed by atoms with Gasteiger partial charge < -0.3 is 4.74 Å². The van der Waals surface area contributed by atoms with Gasteiger partial charge in [-0.2, -0.15) is 13.1 Å². The standard InChI is InChI=1S/C20H23N5O3S2/c1-28-17-13-25(20(17)14-5-9-21-10-6-14)15-7-11-24(12-8-15)30(26,27)18-4-2-3-16-19(18)23-29-22-16/h2-6,9-10,15,17,20H,7-8,11-13H2,1H3/t17-,20-/m0/s1. The van der Waals surface area contributed by atoms with Gasteiger partial charge in [-0.15, -0.1) is 0 Å². The lowest BCUT2D eigenvalue weighted by molar-refractivity contribution is -0.114. The van der Waals surface area contributed by atoms with Gasteiger partial charge in [-0.3, -0.25) is 9.88 Å². The summed E-state index contributed by atoms with van der Waals surface area (Å²) in [6, 6.07) is 9.74. The van der Waals surface area contributed by atoms with Gasteiger partial charge in [-0.05, 0) is 42.7 Å². The number of pyridine rings is 1. The molecule has 4 heterocycles. The molecule has 8 nitrogen and oxygen atoms in total. The molecule has 0 amide bonds. The minimum absolute atomic E-state index is 0.156. The van der Waals surface area contributed by atoms with Crippen LogP contribution in [0.1, 0.15) is 24.4 Å². The summed E-state index contributed by atoms with van der Waals surface area (Å²) >= 11 is 1.04. The molecule has 2 atom stereocenters. The highest BCUT2D eigenvalue weighted by atomic mass is 32.2. The molecule has 0 aliphatic carbocycles. The first-order chi connectivity index (χ1) is 14.6. The summed E-state index contributed by atoms with van der Waals surface area (Å²) in [6.45, 7) is 1.86. The molecule has 2 aliphatic rings. The Labute approximate surface area is 179 Å². The summed E-state index contributed by atoms with van der Waals surface area (Å²) < 4.78 is 42.2. The summed E-state index contributed by atoms with van der Waals surface area (Å²) in [7, 11) is -1.84. The topological polar surface area (TPSA) is 88.5 Å². The molecule has 10 heteroatoms. The van der Waals surface area contributed by atoms with Gasteiger partial charge in [0, 0.05) is 45.2 Å². The minimum atomic E-state index is -3.59. The molecular formula is C20H23N5O3S2. The van der Waals surface area contributed by atoms with Crippen LogP contribution in [0.2, 0.25) is 0 Å². The number of sulfonamides is 1. The Bertz CT molecular complexity index is 1130. The summed E-state index contributed by atoms with van der Waals surface area (Å²) in [5.74, 6) is 0. The van der Waals surface area contributed by atoms with Gasteiger partial charge in [0.2, 0.25) is 10.0 Å². The summed E-state index contributed by atoms with van der Waals surface area (Å²) in [5.41, 5.74) is 2.29. The second-order valence-corrected chi connectivity index (χ2v) is 10.2. The van der Waals surface area contributed by atoms with Crippen LogP contribution in [-0.4, -0.2) is 70.2 Å². The highest BCUT2D eigenvalue weighted by Crippen LogP contribution is 2.40. The van der Waals surface area contributed by atoms with E-state index in [1.165, 1.54) is 5.56 Å². The number of nitrogens with zero attached hydrogens (tertiary/aromatic N) is 5. The maximum absolute atomic E-state index is 13.3. The molecule has 0 unspecified atom stereocenters. The Hall–Kier alpha value is -1.98. The predicted molar refractivity (Wildman–Crippen MR) is 114 cm³/mol. The molecule has 2 aliphatic heterocycles. The molecule has 0 N–H and O–H groups in total. The lowest BCUT2D eigenvalue weighted by atomic mass is 9.87. The monoisotopic (exact) mass is 445 g/mol. The molecule has 0 bridgehead atoms. The first-order valence-corrected chi connectivity index (χ1v) is 12.2. The molecule has 0 radical (unpaired) electrons. The van der Waals surface area contributed by atoms with E-state index < -0.39 is 10.0 Å². The van der Waals surface area contributed by atoms with E-state index in [2.05, 4.69) is 18.6 Å². The average Bonchev–Trinajstić information content (AvgIpc) is 3.23. The van der Waals surface area contributed by atoms with Gasteiger partial charge in [0.15, 0.2) is 0 Å². The van der Waals surface area contributed by atoms with Crippen LogP contribution in [0.15, 0.2) is 47.6 Å².